The van der Waals surface area contributed by atoms with Gasteiger partial charge in [0.15, 0.2) is 0 Å². The molecule has 17 heavy (non-hydrogen) atoms. The van der Waals surface area contributed by atoms with Gasteiger partial charge in [0.2, 0.25) is 11.8 Å². The molecule has 1 aliphatic heterocycles. The zero-order valence-corrected chi connectivity index (χ0v) is 9.73. The maximum absolute atomic E-state index is 12.0. The number of amides is 2. The van der Waals surface area contributed by atoms with E-state index in [4.69, 9.17) is 0 Å². The van der Waals surface area contributed by atoms with Crippen LogP contribution in [0.4, 0.5) is 13.2 Å². The lowest BCUT2D eigenvalue weighted by atomic mass is 9.98. The van der Waals surface area contributed by atoms with Gasteiger partial charge in [0.25, 0.3) is 0 Å². The van der Waals surface area contributed by atoms with E-state index < -0.39 is 18.1 Å². The smallest absolute Gasteiger partial charge is 0.345 e. The lowest BCUT2D eigenvalue weighted by Gasteiger charge is -2.41. The Labute approximate surface area is 97.1 Å². The van der Waals surface area contributed by atoms with Crippen molar-refractivity contribution < 1.29 is 22.8 Å². The molecule has 1 rings (SSSR count). The molecule has 0 aromatic carbocycles. The van der Waals surface area contributed by atoms with Crippen LogP contribution in [-0.4, -0.2) is 41.5 Å². The number of halogens is 3. The molecule has 0 atom stereocenters. The topological polar surface area (TPSA) is 49.4 Å². The molecule has 0 saturated carbocycles. The number of piperazine rings is 1. The normalized spacial score (nSPS) is 20.4. The largest absolute Gasteiger partial charge is 0.389 e. The molecule has 1 fully saturated rings. The predicted octanol–water partition coefficient (Wildman–Crippen LogP) is 1.07. The van der Waals surface area contributed by atoms with Gasteiger partial charge in [-0.2, -0.15) is 13.2 Å². The first-order valence-corrected chi connectivity index (χ1v) is 5.30. The fraction of sp³-hybridized carbons (Fsp3) is 0.800. The minimum absolute atomic E-state index is 0.0568. The van der Waals surface area contributed by atoms with Crippen molar-refractivity contribution >= 4 is 11.8 Å². The number of carbonyl (C=O) groups excluding carboxylic acids is 2. The van der Waals surface area contributed by atoms with E-state index in [1.807, 2.05) is 0 Å². The van der Waals surface area contributed by atoms with E-state index in [-0.39, 0.29) is 31.3 Å². The molecule has 1 heterocycles. The van der Waals surface area contributed by atoms with E-state index in [0.717, 1.165) is 0 Å². The van der Waals surface area contributed by atoms with Crippen molar-refractivity contribution in [3.63, 3.8) is 0 Å². The van der Waals surface area contributed by atoms with E-state index in [2.05, 4.69) is 5.32 Å². The minimum atomic E-state index is -4.23. The second-order valence-electron chi connectivity index (χ2n) is 4.51. The predicted molar refractivity (Wildman–Crippen MR) is 54.1 cm³/mol. The monoisotopic (exact) mass is 252 g/mol. The van der Waals surface area contributed by atoms with Gasteiger partial charge in [-0.1, -0.05) is 0 Å². The molecule has 0 bridgehead atoms. The zero-order valence-electron chi connectivity index (χ0n) is 9.73. The van der Waals surface area contributed by atoms with Crippen LogP contribution in [0.1, 0.15) is 26.7 Å². The quantitative estimate of drug-likeness (QED) is 0.816. The van der Waals surface area contributed by atoms with Crippen molar-refractivity contribution in [2.45, 2.75) is 38.4 Å². The second-order valence-corrected chi connectivity index (χ2v) is 4.51. The van der Waals surface area contributed by atoms with Crippen LogP contribution in [0.2, 0.25) is 0 Å². The summed E-state index contributed by atoms with van der Waals surface area (Å²) in [4.78, 5) is 24.3. The van der Waals surface area contributed by atoms with Crippen LogP contribution in [-0.2, 0) is 9.59 Å². The number of nitrogens with zero attached hydrogens (tertiary/aromatic N) is 1. The Hall–Kier alpha value is -1.27. The van der Waals surface area contributed by atoms with Crippen LogP contribution in [0.5, 0.6) is 0 Å². The summed E-state index contributed by atoms with van der Waals surface area (Å²) in [5, 5.41) is 2.41. The molecule has 0 spiro atoms. The summed E-state index contributed by atoms with van der Waals surface area (Å²) >= 11 is 0. The Morgan fingerprint density at radius 1 is 1.35 bits per heavy atom. The van der Waals surface area contributed by atoms with Crippen LogP contribution < -0.4 is 5.32 Å². The van der Waals surface area contributed by atoms with E-state index >= 15 is 0 Å². The molecular formula is C10H15F3N2O2. The average molecular weight is 252 g/mol. The van der Waals surface area contributed by atoms with Crippen molar-refractivity contribution in [3.05, 3.63) is 0 Å². The third kappa shape index (κ3) is 3.34. The fourth-order valence-electron chi connectivity index (χ4n) is 1.74. The number of carbonyl (C=O) groups is 2. The number of nitrogens with one attached hydrogen (secondary N) is 1. The van der Waals surface area contributed by atoms with Crippen molar-refractivity contribution in [2.24, 2.45) is 0 Å². The molecule has 0 aromatic heterocycles. The highest BCUT2D eigenvalue weighted by Crippen LogP contribution is 2.24. The molecule has 2 amide bonds. The molecule has 0 aliphatic carbocycles. The number of rotatable bonds is 3. The van der Waals surface area contributed by atoms with Gasteiger partial charge in [0, 0.05) is 13.0 Å². The van der Waals surface area contributed by atoms with Crippen LogP contribution >= 0.6 is 0 Å². The first-order valence-electron chi connectivity index (χ1n) is 5.30. The molecule has 1 saturated heterocycles. The van der Waals surface area contributed by atoms with Gasteiger partial charge in [-0.3, -0.25) is 9.59 Å². The van der Waals surface area contributed by atoms with Crippen molar-refractivity contribution in [1.82, 2.24) is 10.2 Å². The summed E-state index contributed by atoms with van der Waals surface area (Å²) in [6, 6.07) is 0. The SMILES string of the molecule is CC1(C)C(=O)NCC(=O)N1CCCC(F)(F)F. The first-order chi connectivity index (χ1) is 7.64. The molecular weight excluding hydrogens is 237 g/mol. The Balaban J connectivity index is 2.61. The highest BCUT2D eigenvalue weighted by atomic mass is 19.4. The third-order valence-corrected chi connectivity index (χ3v) is 2.77. The molecule has 0 radical (unpaired) electrons. The van der Waals surface area contributed by atoms with Crippen LogP contribution in [0, 0.1) is 0 Å². The maximum atomic E-state index is 12.0. The van der Waals surface area contributed by atoms with Crippen molar-refractivity contribution in [1.29, 1.82) is 0 Å². The highest BCUT2D eigenvalue weighted by molar-refractivity contribution is 5.97. The standard InChI is InChI=1S/C10H15F3N2O2/c1-9(2)8(17)14-6-7(16)15(9)5-3-4-10(11,12)13/h3-6H2,1-2H3,(H,14,17). The summed E-state index contributed by atoms with van der Waals surface area (Å²) in [5.74, 6) is -0.694. The maximum Gasteiger partial charge on any atom is 0.389 e. The van der Waals surface area contributed by atoms with Gasteiger partial charge in [-0.05, 0) is 20.3 Å². The van der Waals surface area contributed by atoms with E-state index in [9.17, 15) is 22.8 Å². The minimum Gasteiger partial charge on any atom is -0.345 e. The molecule has 4 nitrogen and oxygen atoms in total. The van der Waals surface area contributed by atoms with Gasteiger partial charge < -0.3 is 10.2 Å². The third-order valence-electron chi connectivity index (χ3n) is 2.77. The average Bonchev–Trinajstić information content (AvgIpc) is 2.16. The fourth-order valence-corrected chi connectivity index (χ4v) is 1.74. The molecule has 7 heteroatoms. The van der Waals surface area contributed by atoms with Crippen LogP contribution in [0.15, 0.2) is 0 Å². The van der Waals surface area contributed by atoms with Gasteiger partial charge >= 0.3 is 6.18 Å². The van der Waals surface area contributed by atoms with E-state index in [0.29, 0.717) is 0 Å². The second kappa shape index (κ2) is 4.54. The Kier molecular flexibility index (Phi) is 3.68. The lowest BCUT2D eigenvalue weighted by molar-refractivity contribution is -0.154. The Morgan fingerprint density at radius 2 is 1.94 bits per heavy atom. The number of alkyl halides is 3. The van der Waals surface area contributed by atoms with Crippen molar-refractivity contribution in [2.75, 3.05) is 13.1 Å². The highest BCUT2D eigenvalue weighted by Gasteiger charge is 2.41. The van der Waals surface area contributed by atoms with E-state index in [1.165, 1.54) is 18.7 Å². The molecule has 1 N–H and O–H groups in total. The summed E-state index contributed by atoms with van der Waals surface area (Å²) in [7, 11) is 0. The van der Waals surface area contributed by atoms with Gasteiger partial charge in [-0.25, -0.2) is 0 Å². The molecule has 0 aromatic rings. The first kappa shape index (κ1) is 13.8. The van der Waals surface area contributed by atoms with Crippen LogP contribution in [0.3, 0.4) is 0 Å². The Bertz CT molecular complexity index is 326. The van der Waals surface area contributed by atoms with Crippen LogP contribution in [0.25, 0.3) is 0 Å². The Morgan fingerprint density at radius 3 is 2.47 bits per heavy atom. The lowest BCUT2D eigenvalue weighted by Crippen LogP contribution is -2.64. The summed E-state index contributed by atoms with van der Waals surface area (Å²) in [6.07, 6.45) is -5.37. The van der Waals surface area contributed by atoms with Crippen molar-refractivity contribution in [3.8, 4) is 0 Å². The number of hydrogen-bond donors (Lipinski definition) is 1. The number of hydrogen-bond acceptors (Lipinski definition) is 2. The summed E-state index contributed by atoms with van der Waals surface area (Å²) in [6.45, 7) is 2.84. The summed E-state index contributed by atoms with van der Waals surface area (Å²) < 4.78 is 36.0. The van der Waals surface area contributed by atoms with Gasteiger partial charge in [-0.15, -0.1) is 0 Å². The van der Waals surface area contributed by atoms with Gasteiger partial charge in [0.05, 0.1) is 6.54 Å². The molecule has 98 valence electrons. The van der Waals surface area contributed by atoms with Gasteiger partial charge in [0.1, 0.15) is 5.54 Å². The summed E-state index contributed by atoms with van der Waals surface area (Å²) in [5.41, 5.74) is -1.08. The zero-order chi connectivity index (χ0) is 13.3. The van der Waals surface area contributed by atoms with E-state index in [1.54, 1.807) is 0 Å². The molecule has 1 aliphatic rings. The molecule has 0 unspecified atom stereocenters.